The Morgan fingerprint density at radius 3 is 2.75 bits per heavy atom. The molecule has 0 fully saturated rings. The number of hydrogen-bond donors (Lipinski definition) is 2. The maximum Gasteiger partial charge on any atom is 0.315 e. The van der Waals surface area contributed by atoms with Gasteiger partial charge in [-0.2, -0.15) is 0 Å². The van der Waals surface area contributed by atoms with Gasteiger partial charge in [-0.3, -0.25) is 0 Å². The van der Waals surface area contributed by atoms with Gasteiger partial charge in [0.1, 0.15) is 12.4 Å². The van der Waals surface area contributed by atoms with E-state index in [0.29, 0.717) is 13.2 Å². The van der Waals surface area contributed by atoms with Gasteiger partial charge in [-0.1, -0.05) is 36.4 Å². The molecule has 0 saturated carbocycles. The van der Waals surface area contributed by atoms with Crippen LogP contribution in [-0.2, 0) is 12.8 Å². The summed E-state index contributed by atoms with van der Waals surface area (Å²) in [5, 5.41) is 5.75. The Hall–Kier alpha value is -2.49. The molecule has 24 heavy (non-hydrogen) atoms. The molecule has 0 saturated heterocycles. The second-order valence-electron chi connectivity index (χ2n) is 6.17. The molecule has 0 radical (unpaired) electrons. The minimum Gasteiger partial charge on any atom is -0.492 e. The van der Waals surface area contributed by atoms with Crippen molar-refractivity contribution in [1.82, 2.24) is 10.6 Å². The Balaban J connectivity index is 1.38. The van der Waals surface area contributed by atoms with E-state index in [0.717, 1.165) is 17.7 Å². The van der Waals surface area contributed by atoms with E-state index in [9.17, 15) is 4.79 Å². The molecule has 0 spiro atoms. The van der Waals surface area contributed by atoms with Crippen LogP contribution in [0.4, 0.5) is 4.79 Å². The lowest BCUT2D eigenvalue weighted by atomic mass is 10.1. The SMILES string of the molecule is CC(NC(=O)NCCOc1ccc2c(c1)CCC2)c1ccccc1. The van der Waals surface area contributed by atoms with Crippen molar-refractivity contribution in [3.8, 4) is 5.75 Å². The van der Waals surface area contributed by atoms with E-state index in [1.54, 1.807) is 0 Å². The fourth-order valence-electron chi connectivity index (χ4n) is 3.04. The van der Waals surface area contributed by atoms with Crippen molar-refractivity contribution in [2.24, 2.45) is 0 Å². The third-order valence-electron chi connectivity index (χ3n) is 4.37. The van der Waals surface area contributed by atoms with Gasteiger partial charge in [0, 0.05) is 0 Å². The molecule has 1 aliphatic rings. The Morgan fingerprint density at radius 2 is 1.92 bits per heavy atom. The van der Waals surface area contributed by atoms with E-state index >= 15 is 0 Å². The van der Waals surface area contributed by atoms with Crippen LogP contribution in [0.5, 0.6) is 5.75 Å². The molecule has 0 bridgehead atoms. The monoisotopic (exact) mass is 324 g/mol. The Morgan fingerprint density at radius 1 is 1.12 bits per heavy atom. The lowest BCUT2D eigenvalue weighted by molar-refractivity contribution is 0.233. The Labute approximate surface area is 143 Å². The quantitative estimate of drug-likeness (QED) is 0.798. The minimum absolute atomic E-state index is 0.0242. The summed E-state index contributed by atoms with van der Waals surface area (Å²) in [5.74, 6) is 0.885. The summed E-state index contributed by atoms with van der Waals surface area (Å²) in [6, 6.07) is 16.0. The molecule has 0 aromatic heterocycles. The fourth-order valence-corrected chi connectivity index (χ4v) is 3.04. The molecular formula is C20H24N2O2. The fraction of sp³-hybridized carbons (Fsp3) is 0.350. The van der Waals surface area contributed by atoms with Crippen LogP contribution in [0.2, 0.25) is 0 Å². The number of nitrogens with one attached hydrogen (secondary N) is 2. The number of amides is 2. The number of hydrogen-bond acceptors (Lipinski definition) is 2. The highest BCUT2D eigenvalue weighted by Crippen LogP contribution is 2.25. The van der Waals surface area contributed by atoms with Crippen LogP contribution in [0.25, 0.3) is 0 Å². The van der Waals surface area contributed by atoms with Crippen molar-refractivity contribution in [1.29, 1.82) is 0 Å². The standard InChI is InChI=1S/C20H24N2O2/c1-15(16-6-3-2-4-7-16)22-20(23)21-12-13-24-19-11-10-17-8-5-9-18(17)14-19/h2-4,6-7,10-11,14-15H,5,8-9,12-13H2,1H3,(H2,21,22,23). The van der Waals surface area contributed by atoms with Gasteiger partial charge in [0.2, 0.25) is 0 Å². The molecule has 0 aliphatic heterocycles. The lowest BCUT2D eigenvalue weighted by Crippen LogP contribution is -2.38. The van der Waals surface area contributed by atoms with Gasteiger partial charge in [0.25, 0.3) is 0 Å². The summed E-state index contributed by atoms with van der Waals surface area (Å²) >= 11 is 0. The van der Waals surface area contributed by atoms with Crippen molar-refractivity contribution < 1.29 is 9.53 Å². The normalized spacial score (nSPS) is 13.9. The van der Waals surface area contributed by atoms with Crippen LogP contribution in [0, 0.1) is 0 Å². The van der Waals surface area contributed by atoms with Gasteiger partial charge in [-0.25, -0.2) is 4.79 Å². The lowest BCUT2D eigenvalue weighted by Gasteiger charge is -2.15. The first-order chi connectivity index (χ1) is 11.7. The number of aryl methyl sites for hydroxylation is 2. The molecule has 1 unspecified atom stereocenters. The number of carbonyl (C=O) groups excluding carboxylic acids is 1. The third-order valence-corrected chi connectivity index (χ3v) is 4.37. The molecule has 3 rings (SSSR count). The van der Waals surface area contributed by atoms with Crippen LogP contribution in [0.3, 0.4) is 0 Å². The predicted molar refractivity (Wildman–Crippen MR) is 95.4 cm³/mol. The molecule has 2 aromatic rings. The van der Waals surface area contributed by atoms with Crippen molar-refractivity contribution in [2.75, 3.05) is 13.2 Å². The summed E-state index contributed by atoms with van der Waals surface area (Å²) < 4.78 is 5.73. The zero-order chi connectivity index (χ0) is 16.8. The van der Waals surface area contributed by atoms with E-state index in [2.05, 4.69) is 22.8 Å². The molecule has 1 atom stereocenters. The number of ether oxygens (including phenoxy) is 1. The average molecular weight is 324 g/mol. The van der Waals surface area contributed by atoms with E-state index in [4.69, 9.17) is 4.74 Å². The third kappa shape index (κ3) is 4.28. The largest absolute Gasteiger partial charge is 0.492 e. The summed E-state index contributed by atoms with van der Waals surface area (Å²) in [4.78, 5) is 11.9. The van der Waals surface area contributed by atoms with Gasteiger partial charge >= 0.3 is 6.03 Å². The zero-order valence-electron chi connectivity index (χ0n) is 14.0. The number of rotatable bonds is 6. The maximum absolute atomic E-state index is 11.9. The second kappa shape index (κ2) is 7.86. The summed E-state index contributed by atoms with van der Waals surface area (Å²) in [5.41, 5.74) is 3.92. The Bertz CT molecular complexity index is 685. The van der Waals surface area contributed by atoms with E-state index in [-0.39, 0.29) is 12.1 Å². The first kappa shape index (κ1) is 16.4. The molecule has 2 N–H and O–H groups in total. The van der Waals surface area contributed by atoms with Crippen LogP contribution >= 0.6 is 0 Å². The van der Waals surface area contributed by atoms with Crippen molar-refractivity contribution in [3.63, 3.8) is 0 Å². The molecule has 2 amide bonds. The van der Waals surface area contributed by atoms with E-state index < -0.39 is 0 Å². The average Bonchev–Trinajstić information content (AvgIpc) is 3.07. The van der Waals surface area contributed by atoms with Crippen molar-refractivity contribution in [2.45, 2.75) is 32.2 Å². The van der Waals surface area contributed by atoms with Crippen LogP contribution < -0.4 is 15.4 Å². The molecule has 4 heteroatoms. The highest BCUT2D eigenvalue weighted by molar-refractivity contribution is 5.74. The smallest absolute Gasteiger partial charge is 0.315 e. The maximum atomic E-state index is 11.9. The first-order valence-corrected chi connectivity index (χ1v) is 8.56. The highest BCUT2D eigenvalue weighted by Gasteiger charge is 2.11. The van der Waals surface area contributed by atoms with Gasteiger partial charge in [0.05, 0.1) is 12.6 Å². The highest BCUT2D eigenvalue weighted by atomic mass is 16.5. The summed E-state index contributed by atoms with van der Waals surface area (Å²) in [6.07, 6.45) is 3.56. The van der Waals surface area contributed by atoms with E-state index in [1.807, 2.05) is 43.3 Å². The van der Waals surface area contributed by atoms with Gasteiger partial charge in [-0.15, -0.1) is 0 Å². The zero-order valence-corrected chi connectivity index (χ0v) is 14.0. The topological polar surface area (TPSA) is 50.4 Å². The Kier molecular flexibility index (Phi) is 5.36. The first-order valence-electron chi connectivity index (χ1n) is 8.56. The summed E-state index contributed by atoms with van der Waals surface area (Å²) in [6.45, 7) is 2.91. The number of benzene rings is 2. The van der Waals surface area contributed by atoms with E-state index in [1.165, 1.54) is 24.0 Å². The second-order valence-corrected chi connectivity index (χ2v) is 6.17. The number of carbonyl (C=O) groups is 1. The van der Waals surface area contributed by atoms with Gasteiger partial charge in [0.15, 0.2) is 0 Å². The molecular weight excluding hydrogens is 300 g/mol. The van der Waals surface area contributed by atoms with Crippen LogP contribution in [0.1, 0.15) is 36.1 Å². The molecule has 0 heterocycles. The van der Waals surface area contributed by atoms with Crippen LogP contribution in [-0.4, -0.2) is 19.2 Å². The molecule has 2 aromatic carbocycles. The summed E-state index contributed by atoms with van der Waals surface area (Å²) in [7, 11) is 0. The number of urea groups is 1. The molecule has 126 valence electrons. The van der Waals surface area contributed by atoms with Gasteiger partial charge in [-0.05, 0) is 55.0 Å². The van der Waals surface area contributed by atoms with Crippen molar-refractivity contribution in [3.05, 3.63) is 65.2 Å². The van der Waals surface area contributed by atoms with Crippen LogP contribution in [0.15, 0.2) is 48.5 Å². The van der Waals surface area contributed by atoms with Crippen molar-refractivity contribution >= 4 is 6.03 Å². The molecule has 4 nitrogen and oxygen atoms in total. The number of fused-ring (bicyclic) bond motifs is 1. The predicted octanol–water partition coefficient (Wildman–Crippen LogP) is 3.61. The minimum atomic E-state index is -0.177. The molecule has 1 aliphatic carbocycles. The van der Waals surface area contributed by atoms with Gasteiger partial charge < -0.3 is 15.4 Å².